The van der Waals surface area contributed by atoms with Crippen molar-refractivity contribution in [3.8, 4) is 0 Å². The van der Waals surface area contributed by atoms with Gasteiger partial charge in [0.15, 0.2) is 9.84 Å². The highest BCUT2D eigenvalue weighted by atomic mass is 32.2. The third-order valence-electron chi connectivity index (χ3n) is 1.01. The van der Waals surface area contributed by atoms with Crippen LogP contribution in [0, 0.1) is 0 Å². The molecule has 0 rings (SSSR count). The van der Waals surface area contributed by atoms with E-state index >= 15 is 0 Å². The number of sulfone groups is 1. The van der Waals surface area contributed by atoms with Crippen LogP contribution in [-0.4, -0.2) is 26.5 Å². The van der Waals surface area contributed by atoms with Crippen molar-refractivity contribution in [1.82, 2.24) is 0 Å². The fourth-order valence-corrected chi connectivity index (χ4v) is 1.52. The maximum Gasteiger partial charge on any atom is 0.155 e. The molecule has 4 heteroatoms. The number of rotatable bonds is 4. The van der Waals surface area contributed by atoms with E-state index in [-0.39, 0.29) is 18.1 Å². The van der Waals surface area contributed by atoms with Crippen molar-refractivity contribution in [2.75, 3.05) is 18.1 Å². The molecule has 0 atom stereocenters. The third-order valence-corrected chi connectivity index (χ3v) is 2.57. The van der Waals surface area contributed by atoms with Gasteiger partial charge in [0.05, 0.1) is 11.5 Å². The molecule has 3 nitrogen and oxygen atoms in total. The fourth-order valence-electron chi connectivity index (χ4n) is 0.506. The molecule has 10 heavy (non-hydrogen) atoms. The Balaban J connectivity index is 3.89. The van der Waals surface area contributed by atoms with Crippen LogP contribution in [0.5, 0.6) is 0 Å². The van der Waals surface area contributed by atoms with Crippen LogP contribution in [0.15, 0.2) is 12.2 Å². The molecule has 0 aliphatic carbocycles. The minimum atomic E-state index is -2.91. The van der Waals surface area contributed by atoms with E-state index in [1.165, 1.54) is 0 Å². The maximum atomic E-state index is 10.9. The highest BCUT2D eigenvalue weighted by Gasteiger charge is 2.04. The summed E-state index contributed by atoms with van der Waals surface area (Å²) in [5.74, 6) is 0.192. The zero-order valence-corrected chi connectivity index (χ0v) is 6.89. The summed E-state index contributed by atoms with van der Waals surface area (Å²) in [4.78, 5) is 0. The van der Waals surface area contributed by atoms with Gasteiger partial charge in [-0.1, -0.05) is 12.2 Å². The minimum Gasteiger partial charge on any atom is -0.329 e. The predicted octanol–water partition coefficient (Wildman–Crippen LogP) is -0.0640. The van der Waals surface area contributed by atoms with Crippen molar-refractivity contribution in [3.05, 3.63) is 12.2 Å². The zero-order chi connectivity index (χ0) is 8.04. The molecule has 0 spiro atoms. The second kappa shape index (κ2) is 4.46. The lowest BCUT2D eigenvalue weighted by Crippen LogP contribution is -2.17. The molecule has 0 radical (unpaired) electrons. The van der Waals surface area contributed by atoms with Crippen molar-refractivity contribution in [1.29, 1.82) is 0 Å². The van der Waals surface area contributed by atoms with E-state index < -0.39 is 9.84 Å². The predicted molar refractivity (Wildman–Crippen MR) is 42.5 cm³/mol. The van der Waals surface area contributed by atoms with Crippen LogP contribution >= 0.6 is 0 Å². The summed E-state index contributed by atoms with van der Waals surface area (Å²) in [6, 6.07) is 0. The molecular weight excluding hydrogens is 150 g/mol. The Labute approximate surface area is 61.8 Å². The highest BCUT2D eigenvalue weighted by molar-refractivity contribution is 7.91. The summed E-state index contributed by atoms with van der Waals surface area (Å²) in [5, 5.41) is 0. The minimum absolute atomic E-state index is 0.0807. The van der Waals surface area contributed by atoms with Gasteiger partial charge in [-0.05, 0) is 6.92 Å². The largest absolute Gasteiger partial charge is 0.329 e. The summed E-state index contributed by atoms with van der Waals surface area (Å²) >= 11 is 0. The van der Waals surface area contributed by atoms with E-state index in [2.05, 4.69) is 0 Å². The first-order valence-corrected chi connectivity index (χ1v) is 4.96. The van der Waals surface area contributed by atoms with Gasteiger partial charge >= 0.3 is 0 Å². The van der Waals surface area contributed by atoms with Gasteiger partial charge in [0.1, 0.15) is 0 Å². The Hall–Kier alpha value is -0.350. The van der Waals surface area contributed by atoms with E-state index in [0.29, 0.717) is 0 Å². The average molecular weight is 163 g/mol. The first-order chi connectivity index (χ1) is 4.62. The van der Waals surface area contributed by atoms with E-state index in [1.807, 2.05) is 0 Å². The Morgan fingerprint density at radius 3 is 2.50 bits per heavy atom. The second-order valence-electron chi connectivity index (χ2n) is 1.97. The number of nitrogens with two attached hydrogens (primary N) is 1. The molecule has 0 amide bonds. The molecule has 60 valence electrons. The van der Waals surface area contributed by atoms with Gasteiger partial charge < -0.3 is 5.73 Å². The molecule has 0 saturated heterocycles. The van der Waals surface area contributed by atoms with Gasteiger partial charge in [0.2, 0.25) is 0 Å². The first kappa shape index (κ1) is 9.65. The van der Waals surface area contributed by atoms with Crippen molar-refractivity contribution >= 4 is 9.84 Å². The molecule has 0 aliphatic rings. The summed E-state index contributed by atoms with van der Waals surface area (Å²) in [6.45, 7) is 2.00. The van der Waals surface area contributed by atoms with Crippen LogP contribution < -0.4 is 5.73 Å². The van der Waals surface area contributed by atoms with Crippen molar-refractivity contribution in [2.45, 2.75) is 6.92 Å². The molecule has 0 aromatic rings. The van der Waals surface area contributed by atoms with Crippen LogP contribution in [0.4, 0.5) is 0 Å². The van der Waals surface area contributed by atoms with Crippen LogP contribution in [0.1, 0.15) is 6.92 Å². The fraction of sp³-hybridized carbons (Fsp3) is 0.667. The lowest BCUT2D eigenvalue weighted by atomic mass is 10.6. The Morgan fingerprint density at radius 2 is 2.10 bits per heavy atom. The quantitative estimate of drug-likeness (QED) is 0.590. The Morgan fingerprint density at radius 1 is 1.50 bits per heavy atom. The number of allylic oxidation sites excluding steroid dienone is 1. The summed E-state index contributed by atoms with van der Waals surface area (Å²) in [7, 11) is -2.91. The van der Waals surface area contributed by atoms with E-state index in [4.69, 9.17) is 5.73 Å². The van der Waals surface area contributed by atoms with E-state index in [9.17, 15) is 8.42 Å². The van der Waals surface area contributed by atoms with Crippen molar-refractivity contribution < 1.29 is 8.42 Å². The normalized spacial score (nSPS) is 12.6. The first-order valence-electron chi connectivity index (χ1n) is 3.14. The van der Waals surface area contributed by atoms with Crippen molar-refractivity contribution in [2.24, 2.45) is 5.73 Å². The topological polar surface area (TPSA) is 60.2 Å². The SMILES string of the molecule is C/C=C/CS(=O)(=O)CCN. The number of hydrogen-bond donors (Lipinski definition) is 1. The maximum absolute atomic E-state index is 10.9. The third kappa shape index (κ3) is 4.52. The molecular formula is C6H13NO2S. The standard InChI is InChI=1S/C6H13NO2S/c1-2-3-5-10(8,9)6-4-7/h2-3H,4-7H2,1H3/b3-2+. The van der Waals surface area contributed by atoms with E-state index in [0.717, 1.165) is 0 Å². The van der Waals surface area contributed by atoms with Gasteiger partial charge in [0.25, 0.3) is 0 Å². The van der Waals surface area contributed by atoms with Crippen LogP contribution in [0.3, 0.4) is 0 Å². The van der Waals surface area contributed by atoms with Gasteiger partial charge in [-0.25, -0.2) is 8.42 Å². The molecule has 0 aromatic heterocycles. The Bertz CT molecular complexity index is 194. The van der Waals surface area contributed by atoms with Gasteiger partial charge in [-0.3, -0.25) is 0 Å². The summed E-state index contributed by atoms with van der Waals surface area (Å²) < 4.78 is 21.7. The molecule has 2 N–H and O–H groups in total. The molecule has 0 fully saturated rings. The van der Waals surface area contributed by atoms with Crippen LogP contribution in [0.2, 0.25) is 0 Å². The monoisotopic (exact) mass is 163 g/mol. The van der Waals surface area contributed by atoms with E-state index in [1.54, 1.807) is 19.1 Å². The van der Waals surface area contributed by atoms with Crippen LogP contribution in [-0.2, 0) is 9.84 Å². The van der Waals surface area contributed by atoms with Crippen LogP contribution in [0.25, 0.3) is 0 Å². The van der Waals surface area contributed by atoms with Gasteiger partial charge in [-0.2, -0.15) is 0 Å². The summed E-state index contributed by atoms with van der Waals surface area (Å²) in [6.07, 6.45) is 3.33. The van der Waals surface area contributed by atoms with Crippen molar-refractivity contribution in [3.63, 3.8) is 0 Å². The second-order valence-corrected chi connectivity index (χ2v) is 4.20. The molecule has 0 saturated carbocycles. The molecule has 0 bridgehead atoms. The number of hydrogen-bond acceptors (Lipinski definition) is 3. The smallest absolute Gasteiger partial charge is 0.155 e. The highest BCUT2D eigenvalue weighted by Crippen LogP contribution is 1.88. The molecule has 0 unspecified atom stereocenters. The zero-order valence-electron chi connectivity index (χ0n) is 6.08. The Kier molecular flexibility index (Phi) is 4.31. The molecule has 0 heterocycles. The van der Waals surface area contributed by atoms with Gasteiger partial charge in [-0.15, -0.1) is 0 Å². The molecule has 0 aliphatic heterocycles. The van der Waals surface area contributed by atoms with Gasteiger partial charge in [0, 0.05) is 6.54 Å². The average Bonchev–Trinajstić information content (AvgIpc) is 1.84. The molecule has 0 aromatic carbocycles. The summed E-state index contributed by atoms with van der Waals surface area (Å²) in [5.41, 5.74) is 5.08. The lowest BCUT2D eigenvalue weighted by Gasteiger charge is -1.95. The lowest BCUT2D eigenvalue weighted by molar-refractivity contribution is 0.599.